The molecular weight excluding hydrogens is 320 g/mol. The lowest BCUT2D eigenvalue weighted by molar-refractivity contribution is -0.0103. The normalized spacial score (nSPS) is 14.2. The topological polar surface area (TPSA) is 107 Å². The van der Waals surface area contributed by atoms with Crippen molar-refractivity contribution in [1.29, 1.82) is 0 Å². The number of hydrogen-bond donors (Lipinski definition) is 1. The van der Waals surface area contributed by atoms with E-state index in [9.17, 15) is 18.0 Å². The lowest BCUT2D eigenvalue weighted by atomic mass is 10.1. The second-order valence-electron chi connectivity index (χ2n) is 4.83. The van der Waals surface area contributed by atoms with Crippen LogP contribution >= 0.6 is 0 Å². The number of hydroxylamine groups is 2. The number of hydrogen-bond acceptors (Lipinski definition) is 6. The third kappa shape index (κ3) is 2.63. The van der Waals surface area contributed by atoms with Gasteiger partial charge in [0.05, 0.1) is 16.0 Å². The first kappa shape index (κ1) is 15.3. The first-order valence-electron chi connectivity index (χ1n) is 6.65. The summed E-state index contributed by atoms with van der Waals surface area (Å²) in [7, 11) is -4.31. The molecule has 0 aromatic heterocycles. The monoisotopic (exact) mass is 332 g/mol. The van der Waals surface area contributed by atoms with Crippen molar-refractivity contribution in [3.63, 3.8) is 0 Å². The second kappa shape index (κ2) is 5.58. The van der Waals surface area contributed by atoms with Gasteiger partial charge in [-0.05, 0) is 29.8 Å². The molecule has 1 aliphatic heterocycles. The van der Waals surface area contributed by atoms with E-state index in [2.05, 4.69) is 0 Å². The fourth-order valence-corrected chi connectivity index (χ4v) is 3.06. The first-order chi connectivity index (χ1) is 10.9. The van der Waals surface area contributed by atoms with Gasteiger partial charge in [0.15, 0.2) is 0 Å². The van der Waals surface area contributed by atoms with Crippen molar-refractivity contribution >= 4 is 21.9 Å². The molecule has 2 aromatic carbocycles. The van der Waals surface area contributed by atoms with Gasteiger partial charge in [0.1, 0.15) is 0 Å². The van der Waals surface area contributed by atoms with Gasteiger partial charge in [0.25, 0.3) is 11.8 Å². The van der Waals surface area contributed by atoms with E-state index in [1.165, 1.54) is 36.4 Å². The van der Waals surface area contributed by atoms with Gasteiger partial charge in [-0.2, -0.15) is 8.42 Å². The first-order valence-corrected chi connectivity index (χ1v) is 8.06. The van der Waals surface area contributed by atoms with Crippen LogP contribution in [-0.4, -0.2) is 25.3 Å². The largest absolute Gasteiger partial charge is 0.326 e. The summed E-state index contributed by atoms with van der Waals surface area (Å²) in [6, 6.07) is 11.7. The Labute approximate surface area is 132 Å². The molecule has 118 valence electrons. The summed E-state index contributed by atoms with van der Waals surface area (Å²) in [4.78, 5) is 24.1. The van der Waals surface area contributed by atoms with Crippen LogP contribution in [-0.2, 0) is 20.9 Å². The van der Waals surface area contributed by atoms with Crippen LogP contribution in [0, 0.1) is 0 Å². The van der Waals surface area contributed by atoms with Gasteiger partial charge in [-0.25, -0.2) is 0 Å². The predicted octanol–water partition coefficient (Wildman–Crippen LogP) is 1.06. The van der Waals surface area contributed by atoms with E-state index in [0.29, 0.717) is 0 Å². The molecule has 23 heavy (non-hydrogen) atoms. The highest BCUT2D eigenvalue weighted by Gasteiger charge is 2.39. The number of imide groups is 1. The molecule has 0 bridgehead atoms. The summed E-state index contributed by atoms with van der Waals surface area (Å²) in [5.74, 6) is -1.62. The molecule has 0 aliphatic carbocycles. The predicted molar refractivity (Wildman–Crippen MR) is 79.5 cm³/mol. The van der Waals surface area contributed by atoms with Crippen LogP contribution in [0.4, 0.5) is 0 Å². The van der Waals surface area contributed by atoms with E-state index >= 15 is 0 Å². The molecule has 7 nitrogen and oxygen atoms in total. The fraction of sp³-hybridized carbons (Fsp3) is 0.0667. The van der Waals surface area contributed by atoms with E-state index in [4.69, 9.17) is 10.0 Å². The average molecular weight is 332 g/mol. The van der Waals surface area contributed by atoms with Crippen molar-refractivity contribution in [2.45, 2.75) is 11.4 Å². The number of nitrogens with zero attached hydrogens (tertiary/aromatic N) is 1. The maximum atomic E-state index is 12.2. The van der Waals surface area contributed by atoms with Gasteiger partial charge < -0.3 is 5.73 Å². The number of fused-ring (bicyclic) bond motifs is 1. The Bertz CT molecular complexity index is 855. The van der Waals surface area contributed by atoms with Crippen molar-refractivity contribution in [3.8, 4) is 0 Å². The molecule has 0 spiro atoms. The van der Waals surface area contributed by atoms with E-state index in [1.807, 2.05) is 0 Å². The third-order valence-corrected chi connectivity index (χ3v) is 4.57. The van der Waals surface area contributed by atoms with E-state index in [0.717, 1.165) is 5.56 Å². The quantitative estimate of drug-likeness (QED) is 0.839. The van der Waals surface area contributed by atoms with Crippen LogP contribution in [0.15, 0.2) is 53.4 Å². The molecule has 1 aliphatic rings. The van der Waals surface area contributed by atoms with Crippen LogP contribution in [0.5, 0.6) is 0 Å². The van der Waals surface area contributed by atoms with Gasteiger partial charge in [-0.1, -0.05) is 24.3 Å². The van der Waals surface area contributed by atoms with Gasteiger partial charge in [0.2, 0.25) is 0 Å². The minimum atomic E-state index is -4.31. The van der Waals surface area contributed by atoms with E-state index < -0.39 is 21.9 Å². The number of amides is 2. The Morgan fingerprint density at radius 2 is 1.43 bits per heavy atom. The number of carbonyl (C=O) groups excluding carboxylic acids is 2. The number of rotatable bonds is 4. The molecule has 2 N–H and O–H groups in total. The Balaban J connectivity index is 1.89. The Morgan fingerprint density at radius 1 is 0.913 bits per heavy atom. The molecule has 2 aromatic rings. The van der Waals surface area contributed by atoms with Crippen molar-refractivity contribution in [2.24, 2.45) is 5.73 Å². The summed E-state index contributed by atoms with van der Waals surface area (Å²) in [5, 5.41) is 0.261. The van der Waals surface area contributed by atoms with Crippen LogP contribution in [0.1, 0.15) is 26.3 Å². The molecule has 2 amide bonds. The van der Waals surface area contributed by atoms with E-state index in [1.54, 1.807) is 12.1 Å². The van der Waals surface area contributed by atoms with Crippen LogP contribution in [0.25, 0.3) is 0 Å². The Kier molecular flexibility index (Phi) is 3.72. The highest BCUT2D eigenvalue weighted by molar-refractivity contribution is 7.86. The second-order valence-corrected chi connectivity index (χ2v) is 6.36. The molecule has 0 unspecified atom stereocenters. The maximum Gasteiger partial charge on any atom is 0.318 e. The molecule has 8 heteroatoms. The van der Waals surface area contributed by atoms with Gasteiger partial charge in [-0.15, -0.1) is 9.35 Å². The molecule has 1 heterocycles. The smallest absolute Gasteiger partial charge is 0.318 e. The lowest BCUT2D eigenvalue weighted by Gasteiger charge is -2.13. The highest BCUT2D eigenvalue weighted by atomic mass is 32.2. The summed E-state index contributed by atoms with van der Waals surface area (Å²) in [6.45, 7) is 0.263. The standard InChI is InChI=1S/C15H12N2O5S/c16-9-10-5-7-11(8-6-10)23(20,21)22-17-14(18)12-3-1-2-4-13(12)15(17)19/h1-8H,9,16H2. The summed E-state index contributed by atoms with van der Waals surface area (Å²) >= 11 is 0. The Morgan fingerprint density at radius 3 is 1.91 bits per heavy atom. The minimum Gasteiger partial charge on any atom is -0.326 e. The van der Waals surface area contributed by atoms with Crippen molar-refractivity contribution in [1.82, 2.24) is 5.06 Å². The third-order valence-electron chi connectivity index (χ3n) is 3.38. The molecular formula is C15H12N2O5S. The number of nitrogens with two attached hydrogens (primary N) is 1. The molecule has 3 rings (SSSR count). The summed E-state index contributed by atoms with van der Waals surface area (Å²) in [6.07, 6.45) is 0. The summed E-state index contributed by atoms with van der Waals surface area (Å²) in [5.41, 5.74) is 6.39. The Hall–Kier alpha value is -2.55. The van der Waals surface area contributed by atoms with E-state index in [-0.39, 0.29) is 27.6 Å². The lowest BCUT2D eigenvalue weighted by Crippen LogP contribution is -2.32. The van der Waals surface area contributed by atoms with Crippen LogP contribution in [0.2, 0.25) is 0 Å². The van der Waals surface area contributed by atoms with Gasteiger partial charge in [0, 0.05) is 6.54 Å². The van der Waals surface area contributed by atoms with Crippen molar-refractivity contribution < 1.29 is 22.3 Å². The zero-order valence-electron chi connectivity index (χ0n) is 11.8. The molecule has 0 radical (unpaired) electrons. The molecule has 0 saturated heterocycles. The maximum absolute atomic E-state index is 12.2. The molecule has 0 fully saturated rings. The van der Waals surface area contributed by atoms with Gasteiger partial charge >= 0.3 is 10.1 Å². The zero-order chi connectivity index (χ0) is 16.6. The number of benzene rings is 2. The van der Waals surface area contributed by atoms with Gasteiger partial charge in [-0.3, -0.25) is 9.59 Å². The highest BCUT2D eigenvalue weighted by Crippen LogP contribution is 2.25. The SMILES string of the molecule is NCc1ccc(S(=O)(=O)ON2C(=O)c3ccccc3C2=O)cc1. The average Bonchev–Trinajstić information content (AvgIpc) is 2.80. The van der Waals surface area contributed by atoms with Crippen LogP contribution < -0.4 is 5.73 Å². The fourth-order valence-electron chi connectivity index (χ4n) is 2.17. The molecule has 0 saturated carbocycles. The zero-order valence-corrected chi connectivity index (χ0v) is 12.6. The minimum absolute atomic E-state index is 0.103. The van der Waals surface area contributed by atoms with Crippen molar-refractivity contribution in [2.75, 3.05) is 0 Å². The van der Waals surface area contributed by atoms with Crippen LogP contribution in [0.3, 0.4) is 0 Å². The molecule has 0 atom stereocenters. The number of carbonyl (C=O) groups is 2. The summed E-state index contributed by atoms with van der Waals surface area (Å²) < 4.78 is 29.2. The van der Waals surface area contributed by atoms with Crippen molar-refractivity contribution in [3.05, 3.63) is 65.2 Å².